The second kappa shape index (κ2) is 7.17. The monoisotopic (exact) mass is 410 g/mol. The maximum atomic E-state index is 12.7. The molecule has 29 heavy (non-hydrogen) atoms. The van der Waals surface area contributed by atoms with E-state index in [2.05, 4.69) is 15.5 Å². The summed E-state index contributed by atoms with van der Waals surface area (Å²) in [7, 11) is 0. The number of para-hydroxylation sites is 1. The third kappa shape index (κ3) is 3.32. The smallest absolute Gasteiger partial charge is 0.267 e. The molecule has 144 valence electrons. The summed E-state index contributed by atoms with van der Waals surface area (Å²) in [4.78, 5) is 39.7. The maximum absolute atomic E-state index is 12.7. The molecule has 0 spiro atoms. The number of nitro benzene ring substituents is 1. The number of amides is 1. The molecule has 0 unspecified atom stereocenters. The third-order valence-corrected chi connectivity index (χ3v) is 4.45. The molecule has 4 aromatic rings. The van der Waals surface area contributed by atoms with Crippen molar-refractivity contribution in [3.63, 3.8) is 0 Å². The average Bonchev–Trinajstić information content (AvgIpc) is 3.15. The summed E-state index contributed by atoms with van der Waals surface area (Å²) < 4.78 is 2.37. The Morgan fingerprint density at radius 1 is 1.17 bits per heavy atom. The minimum absolute atomic E-state index is 0.00656. The highest BCUT2D eigenvalue weighted by Crippen LogP contribution is 2.22. The molecule has 0 radical (unpaired) electrons. The number of rotatable bonds is 4. The molecule has 1 N–H and O–H groups in total. The predicted octanol–water partition coefficient (Wildman–Crippen LogP) is 2.53. The van der Waals surface area contributed by atoms with Crippen LogP contribution in [0.2, 0.25) is 5.02 Å². The summed E-state index contributed by atoms with van der Waals surface area (Å²) in [5.74, 6) is -0.794. The minimum atomic E-state index is -0.794. The average molecular weight is 411 g/mol. The van der Waals surface area contributed by atoms with Gasteiger partial charge in [0.15, 0.2) is 5.65 Å². The number of halogens is 1. The Hall–Kier alpha value is -4.05. The number of nitrogens with one attached hydrogen (secondary N) is 1. The van der Waals surface area contributed by atoms with Gasteiger partial charge in [0.25, 0.3) is 17.2 Å². The molecule has 0 saturated heterocycles. The molecular weight excluding hydrogens is 400 g/mol. The molecular formula is C18H11ClN6O4. The van der Waals surface area contributed by atoms with Crippen LogP contribution in [0.3, 0.4) is 0 Å². The number of non-ortho nitro benzene ring substituents is 1. The molecule has 0 aliphatic heterocycles. The number of aromatic nitrogens is 4. The maximum Gasteiger partial charge on any atom is 0.283 e. The Labute approximate surface area is 167 Å². The zero-order valence-electron chi connectivity index (χ0n) is 14.5. The van der Waals surface area contributed by atoms with Gasteiger partial charge < -0.3 is 0 Å². The van der Waals surface area contributed by atoms with Gasteiger partial charge in [-0.05, 0) is 18.2 Å². The predicted molar refractivity (Wildman–Crippen MR) is 105 cm³/mol. The Balaban J connectivity index is 1.70. The highest BCUT2D eigenvalue weighted by Gasteiger charge is 2.18. The second-order valence-corrected chi connectivity index (χ2v) is 6.32. The van der Waals surface area contributed by atoms with Crippen LogP contribution in [0.5, 0.6) is 0 Å². The van der Waals surface area contributed by atoms with Crippen molar-refractivity contribution in [2.75, 3.05) is 5.43 Å². The molecule has 10 nitrogen and oxygen atoms in total. The first-order valence-electron chi connectivity index (χ1n) is 8.22. The number of fused-ring (bicyclic) bond motifs is 1. The van der Waals surface area contributed by atoms with Gasteiger partial charge in [0.05, 0.1) is 27.4 Å². The third-order valence-electron chi connectivity index (χ3n) is 4.12. The molecule has 0 bridgehead atoms. The summed E-state index contributed by atoms with van der Waals surface area (Å²) in [6.07, 6.45) is 2.48. The van der Waals surface area contributed by atoms with Gasteiger partial charge in [-0.1, -0.05) is 29.8 Å². The summed E-state index contributed by atoms with van der Waals surface area (Å²) in [5, 5.41) is 15.3. The first-order valence-corrected chi connectivity index (χ1v) is 8.59. The van der Waals surface area contributed by atoms with Crippen LogP contribution in [0.25, 0.3) is 16.7 Å². The van der Waals surface area contributed by atoms with Crippen molar-refractivity contribution in [2.24, 2.45) is 0 Å². The van der Waals surface area contributed by atoms with Crippen LogP contribution in [0, 0.1) is 10.1 Å². The molecule has 0 fully saturated rings. The fourth-order valence-electron chi connectivity index (χ4n) is 2.72. The van der Waals surface area contributed by atoms with Crippen molar-refractivity contribution in [2.45, 2.75) is 0 Å². The normalized spacial score (nSPS) is 10.8. The Bertz CT molecular complexity index is 1320. The van der Waals surface area contributed by atoms with Gasteiger partial charge in [0, 0.05) is 12.1 Å². The van der Waals surface area contributed by atoms with E-state index in [-0.39, 0.29) is 21.7 Å². The van der Waals surface area contributed by atoms with E-state index in [0.717, 1.165) is 22.8 Å². The molecule has 1 amide bonds. The highest BCUT2D eigenvalue weighted by atomic mass is 35.5. The summed E-state index contributed by atoms with van der Waals surface area (Å²) in [6, 6.07) is 12.6. The molecule has 2 heterocycles. The van der Waals surface area contributed by atoms with Crippen LogP contribution in [-0.2, 0) is 0 Å². The number of benzene rings is 2. The van der Waals surface area contributed by atoms with Gasteiger partial charge in [-0.2, -0.15) is 5.10 Å². The van der Waals surface area contributed by atoms with Crippen molar-refractivity contribution in [3.8, 4) is 5.69 Å². The number of carbonyl (C=O) groups is 1. The van der Waals surface area contributed by atoms with Crippen LogP contribution in [0.15, 0.2) is 65.8 Å². The number of nitro groups is 1. The first kappa shape index (κ1) is 18.3. The lowest BCUT2D eigenvalue weighted by atomic mass is 10.2. The van der Waals surface area contributed by atoms with E-state index >= 15 is 0 Å². The van der Waals surface area contributed by atoms with E-state index in [1.807, 2.05) is 30.3 Å². The molecule has 2 aromatic heterocycles. The van der Waals surface area contributed by atoms with Crippen LogP contribution in [-0.4, -0.2) is 30.3 Å². The lowest BCUT2D eigenvalue weighted by molar-refractivity contribution is -0.384. The van der Waals surface area contributed by atoms with E-state index in [4.69, 9.17) is 11.6 Å². The van der Waals surface area contributed by atoms with Crippen molar-refractivity contribution in [3.05, 3.63) is 92.1 Å². The topological polar surface area (TPSA) is 125 Å². The highest BCUT2D eigenvalue weighted by molar-refractivity contribution is 6.34. The Morgan fingerprint density at radius 2 is 1.93 bits per heavy atom. The van der Waals surface area contributed by atoms with Crippen LogP contribution < -0.4 is 11.0 Å². The zero-order chi connectivity index (χ0) is 20.5. The molecule has 0 aliphatic rings. The van der Waals surface area contributed by atoms with E-state index in [1.165, 1.54) is 23.0 Å². The number of nitrogens with zero attached hydrogens (tertiary/aromatic N) is 5. The van der Waals surface area contributed by atoms with Crippen LogP contribution in [0.1, 0.15) is 10.4 Å². The van der Waals surface area contributed by atoms with Crippen LogP contribution >= 0.6 is 11.6 Å². The Kier molecular flexibility index (Phi) is 4.53. The fourth-order valence-corrected chi connectivity index (χ4v) is 2.92. The minimum Gasteiger partial charge on any atom is -0.267 e. The van der Waals surface area contributed by atoms with Gasteiger partial charge in [0.2, 0.25) is 0 Å². The SMILES string of the molecule is O=C(Nn1cnc2c(cnn2-c2ccccc2)c1=O)c1cc([N+](=O)[O-])ccc1Cl. The van der Waals surface area contributed by atoms with E-state index in [9.17, 15) is 19.7 Å². The van der Waals surface area contributed by atoms with Gasteiger partial charge in [-0.3, -0.25) is 25.1 Å². The summed E-state index contributed by atoms with van der Waals surface area (Å²) in [6.45, 7) is 0. The Morgan fingerprint density at radius 3 is 2.66 bits per heavy atom. The first-order chi connectivity index (χ1) is 14.0. The van der Waals surface area contributed by atoms with Gasteiger partial charge in [-0.25, -0.2) is 14.3 Å². The molecule has 4 rings (SSSR count). The quantitative estimate of drug-likeness (QED) is 0.407. The zero-order valence-corrected chi connectivity index (χ0v) is 15.3. The van der Waals surface area contributed by atoms with Crippen molar-refractivity contribution >= 4 is 34.2 Å². The van der Waals surface area contributed by atoms with Crippen molar-refractivity contribution < 1.29 is 9.72 Å². The summed E-state index contributed by atoms with van der Waals surface area (Å²) >= 11 is 5.97. The molecule has 2 aromatic carbocycles. The van der Waals surface area contributed by atoms with Gasteiger partial charge in [0.1, 0.15) is 11.7 Å². The lowest BCUT2D eigenvalue weighted by Gasteiger charge is -2.09. The van der Waals surface area contributed by atoms with Gasteiger partial charge >= 0.3 is 0 Å². The van der Waals surface area contributed by atoms with Gasteiger partial charge in [-0.15, -0.1) is 0 Å². The molecule has 11 heteroatoms. The second-order valence-electron chi connectivity index (χ2n) is 5.91. The summed E-state index contributed by atoms with van der Waals surface area (Å²) in [5.41, 5.74) is 2.36. The van der Waals surface area contributed by atoms with Crippen molar-refractivity contribution in [1.82, 2.24) is 19.4 Å². The number of hydrogen-bond donors (Lipinski definition) is 1. The van der Waals surface area contributed by atoms with Crippen LogP contribution in [0.4, 0.5) is 5.69 Å². The van der Waals surface area contributed by atoms with E-state index < -0.39 is 16.4 Å². The number of hydrogen-bond acceptors (Lipinski definition) is 6. The fraction of sp³-hybridized carbons (Fsp3) is 0. The standard InChI is InChI=1S/C18H11ClN6O4/c19-15-7-6-12(25(28)29)8-13(15)17(26)22-23-10-20-16-14(18(23)27)9-21-24(16)11-4-2-1-3-5-11/h1-10H,(H,22,26). The molecule has 0 aliphatic carbocycles. The molecule has 0 atom stereocenters. The number of carbonyl (C=O) groups excluding carboxylic acids is 1. The van der Waals surface area contributed by atoms with E-state index in [1.54, 1.807) is 0 Å². The van der Waals surface area contributed by atoms with Crippen molar-refractivity contribution in [1.29, 1.82) is 0 Å². The lowest BCUT2D eigenvalue weighted by Crippen LogP contribution is -2.33. The molecule has 0 saturated carbocycles. The largest absolute Gasteiger partial charge is 0.283 e. The van der Waals surface area contributed by atoms with E-state index in [0.29, 0.717) is 5.65 Å².